The number of para-hydroxylation sites is 2. The van der Waals surface area contributed by atoms with Gasteiger partial charge >= 0.3 is 5.97 Å². The van der Waals surface area contributed by atoms with Crippen LogP contribution < -0.4 is 9.80 Å². The van der Waals surface area contributed by atoms with Crippen LogP contribution in [-0.4, -0.2) is 32.5 Å². The molecule has 0 aliphatic carbocycles. The Kier molecular flexibility index (Phi) is 5.20. The predicted molar refractivity (Wildman–Crippen MR) is 118 cm³/mol. The van der Waals surface area contributed by atoms with Crippen LogP contribution in [0.25, 0.3) is 10.1 Å². The van der Waals surface area contributed by atoms with Crippen LogP contribution in [-0.2, 0) is 9.53 Å². The minimum absolute atomic E-state index is 0.0774. The van der Waals surface area contributed by atoms with Crippen LogP contribution in [0.1, 0.15) is 9.67 Å². The lowest BCUT2D eigenvalue weighted by Crippen LogP contribution is -2.27. The highest BCUT2D eigenvalue weighted by Crippen LogP contribution is 2.40. The first kappa shape index (κ1) is 20.0. The second-order valence-electron chi connectivity index (χ2n) is 6.66. The molecule has 6 nitrogen and oxygen atoms in total. The van der Waals surface area contributed by atoms with E-state index in [1.807, 2.05) is 54.6 Å². The molecule has 0 radical (unpaired) electrons. The van der Waals surface area contributed by atoms with Crippen molar-refractivity contribution in [1.82, 2.24) is 0 Å². The number of rotatable bonds is 4. The molecule has 0 fully saturated rings. The Morgan fingerprint density at radius 2 is 1.67 bits per heavy atom. The molecular weight excluding hydrogens is 422 g/mol. The fraction of sp³-hybridized carbons (Fsp3) is 0.136. The topological polar surface area (TPSA) is 73.6 Å². The number of thiophene rings is 1. The number of hydrogen-bond donors (Lipinski definition) is 0. The van der Waals surface area contributed by atoms with E-state index in [9.17, 15) is 14.9 Å². The van der Waals surface area contributed by atoms with Gasteiger partial charge in [-0.25, -0.2) is 4.79 Å². The molecule has 0 unspecified atom stereocenters. The molecule has 0 saturated heterocycles. The average Bonchev–Trinajstić information content (AvgIpc) is 3.23. The Bertz CT molecular complexity index is 1230. The highest BCUT2D eigenvalue weighted by atomic mass is 35.5. The summed E-state index contributed by atoms with van der Waals surface area (Å²) in [6, 6.07) is 16.9. The predicted octanol–water partition coefficient (Wildman–Crippen LogP) is 4.60. The van der Waals surface area contributed by atoms with Crippen LogP contribution in [0.3, 0.4) is 0 Å². The van der Waals surface area contributed by atoms with Crippen LogP contribution in [0, 0.1) is 11.3 Å². The smallest absolute Gasteiger partial charge is 0.350 e. The van der Waals surface area contributed by atoms with Crippen molar-refractivity contribution in [2.75, 3.05) is 30.5 Å². The van der Waals surface area contributed by atoms with E-state index < -0.39 is 18.4 Å². The van der Waals surface area contributed by atoms with Crippen molar-refractivity contribution < 1.29 is 14.3 Å². The number of carbonyl (C=O) groups is 2. The van der Waals surface area contributed by atoms with Crippen LogP contribution in [0.15, 0.2) is 59.9 Å². The Labute approximate surface area is 182 Å². The Hall–Kier alpha value is -3.34. The quantitative estimate of drug-likeness (QED) is 0.337. The normalized spacial score (nSPS) is 12.7. The standard InChI is InChI=1S/C22H16ClN3O3S/c1-25-15-8-4-5-9-16(15)26(2)21(25)14(11-24)17(27)12-29-22(28)20-19(23)13-7-3-6-10-18(13)30-20/h3-10H,12H2,1-2H3. The summed E-state index contributed by atoms with van der Waals surface area (Å²) < 4.78 is 6.06. The first-order valence-corrected chi connectivity index (χ1v) is 10.2. The fourth-order valence-corrected chi connectivity index (χ4v) is 4.87. The largest absolute Gasteiger partial charge is 0.453 e. The molecule has 0 amide bonds. The number of hydrogen-bond acceptors (Lipinski definition) is 7. The Morgan fingerprint density at radius 1 is 1.07 bits per heavy atom. The maximum absolute atomic E-state index is 12.8. The number of ether oxygens (including phenoxy) is 1. The second-order valence-corrected chi connectivity index (χ2v) is 8.09. The third-order valence-corrected chi connectivity index (χ3v) is 6.56. The maximum atomic E-state index is 12.8. The minimum atomic E-state index is -0.687. The lowest BCUT2D eigenvalue weighted by molar-refractivity contribution is -0.118. The van der Waals surface area contributed by atoms with Gasteiger partial charge in [-0.05, 0) is 18.2 Å². The van der Waals surface area contributed by atoms with Gasteiger partial charge in [-0.3, -0.25) is 4.79 Å². The number of anilines is 2. The number of nitrogens with zero attached hydrogens (tertiary/aromatic N) is 3. The first-order valence-electron chi connectivity index (χ1n) is 9.02. The zero-order valence-electron chi connectivity index (χ0n) is 16.2. The maximum Gasteiger partial charge on any atom is 0.350 e. The zero-order valence-corrected chi connectivity index (χ0v) is 17.8. The van der Waals surface area contributed by atoms with Crippen molar-refractivity contribution in [3.05, 3.63) is 69.8 Å². The van der Waals surface area contributed by atoms with E-state index in [1.165, 1.54) is 11.3 Å². The molecule has 2 aromatic carbocycles. The molecule has 0 bridgehead atoms. The number of nitriles is 1. The second kappa shape index (κ2) is 7.82. The molecule has 1 aliphatic rings. The number of fused-ring (bicyclic) bond motifs is 2. The molecule has 1 aromatic heterocycles. The average molecular weight is 438 g/mol. The van der Waals surface area contributed by atoms with Crippen molar-refractivity contribution in [1.29, 1.82) is 5.26 Å². The molecule has 1 aliphatic heterocycles. The summed E-state index contributed by atoms with van der Waals surface area (Å²) in [7, 11) is 3.57. The Balaban J connectivity index is 1.56. The van der Waals surface area contributed by atoms with E-state index in [1.54, 1.807) is 23.9 Å². The van der Waals surface area contributed by atoms with Gasteiger partial charge in [0.25, 0.3) is 0 Å². The molecule has 3 aromatic rings. The summed E-state index contributed by atoms with van der Waals surface area (Å²) in [5.74, 6) is -0.822. The molecule has 0 saturated carbocycles. The van der Waals surface area contributed by atoms with Gasteiger partial charge in [0.1, 0.15) is 22.3 Å². The van der Waals surface area contributed by atoms with Crippen LogP contribution in [0.5, 0.6) is 0 Å². The summed E-state index contributed by atoms with van der Waals surface area (Å²) in [6.45, 7) is -0.548. The molecule has 4 rings (SSSR count). The van der Waals surface area contributed by atoms with Crippen molar-refractivity contribution in [3.63, 3.8) is 0 Å². The molecule has 8 heteroatoms. The number of halogens is 1. The van der Waals surface area contributed by atoms with Gasteiger partial charge in [0.2, 0.25) is 5.78 Å². The summed E-state index contributed by atoms with van der Waals surface area (Å²) in [4.78, 5) is 29.1. The number of carbonyl (C=O) groups excluding carboxylic acids is 2. The van der Waals surface area contributed by atoms with Crippen LogP contribution in [0.4, 0.5) is 11.4 Å². The summed E-state index contributed by atoms with van der Waals surface area (Å²) >= 11 is 7.50. The number of Topliss-reactive ketones (excluding diaryl/α,β-unsaturated/α-hetero) is 1. The SMILES string of the molecule is CN1C(=C(C#N)C(=O)COC(=O)c2sc3ccccc3c2Cl)N(C)c2ccccc21. The van der Waals surface area contributed by atoms with Crippen LogP contribution in [0.2, 0.25) is 5.02 Å². The van der Waals surface area contributed by atoms with Crippen molar-refractivity contribution in [3.8, 4) is 6.07 Å². The monoisotopic (exact) mass is 437 g/mol. The zero-order chi connectivity index (χ0) is 21.4. The highest BCUT2D eigenvalue weighted by Gasteiger charge is 2.31. The van der Waals surface area contributed by atoms with Gasteiger partial charge < -0.3 is 14.5 Å². The third kappa shape index (κ3) is 3.20. The molecule has 0 N–H and O–H groups in total. The minimum Gasteiger partial charge on any atom is -0.453 e. The summed E-state index contributed by atoms with van der Waals surface area (Å²) in [5.41, 5.74) is 1.68. The lowest BCUT2D eigenvalue weighted by Gasteiger charge is -2.19. The van der Waals surface area contributed by atoms with E-state index in [4.69, 9.17) is 16.3 Å². The van der Waals surface area contributed by atoms with Crippen molar-refractivity contribution in [2.24, 2.45) is 0 Å². The molecule has 150 valence electrons. The highest BCUT2D eigenvalue weighted by molar-refractivity contribution is 7.21. The van der Waals surface area contributed by atoms with Gasteiger partial charge in [-0.15, -0.1) is 11.3 Å². The van der Waals surface area contributed by atoms with Gasteiger partial charge in [0, 0.05) is 24.2 Å². The molecular formula is C22H16ClN3O3S. The van der Waals surface area contributed by atoms with E-state index in [0.717, 1.165) is 21.5 Å². The number of benzene rings is 2. The van der Waals surface area contributed by atoms with Gasteiger partial charge in [0.15, 0.2) is 6.61 Å². The summed E-state index contributed by atoms with van der Waals surface area (Å²) in [5, 5.41) is 10.7. The summed E-state index contributed by atoms with van der Waals surface area (Å²) in [6.07, 6.45) is 0. The van der Waals surface area contributed by atoms with Crippen LogP contribution >= 0.6 is 22.9 Å². The fourth-order valence-electron chi connectivity index (χ4n) is 3.47. The van der Waals surface area contributed by atoms with Gasteiger partial charge in [-0.1, -0.05) is 41.9 Å². The molecule has 2 heterocycles. The molecule has 0 spiro atoms. The molecule has 30 heavy (non-hydrogen) atoms. The van der Waals surface area contributed by atoms with E-state index in [-0.39, 0.29) is 10.5 Å². The third-order valence-electron chi connectivity index (χ3n) is 4.91. The van der Waals surface area contributed by atoms with E-state index in [2.05, 4.69) is 0 Å². The van der Waals surface area contributed by atoms with Crippen molar-refractivity contribution in [2.45, 2.75) is 0 Å². The number of ketones is 1. The van der Waals surface area contributed by atoms with E-state index in [0.29, 0.717) is 10.8 Å². The lowest BCUT2D eigenvalue weighted by atomic mass is 10.2. The first-order chi connectivity index (χ1) is 14.4. The van der Waals surface area contributed by atoms with Crippen molar-refractivity contribution >= 4 is 56.2 Å². The van der Waals surface area contributed by atoms with Gasteiger partial charge in [-0.2, -0.15) is 5.26 Å². The Morgan fingerprint density at radius 3 is 2.27 bits per heavy atom. The number of esters is 1. The van der Waals surface area contributed by atoms with Gasteiger partial charge in [0.05, 0.1) is 16.4 Å². The van der Waals surface area contributed by atoms with E-state index >= 15 is 0 Å². The molecule has 0 atom stereocenters.